The number of alkyl halides is 3. The van der Waals surface area contributed by atoms with Gasteiger partial charge >= 0.3 is 0 Å². The highest BCUT2D eigenvalue weighted by molar-refractivity contribution is 9.09. The molecule has 0 aliphatic rings. The molecule has 0 fully saturated rings. The van der Waals surface area contributed by atoms with Crippen molar-refractivity contribution in [3.63, 3.8) is 0 Å². The largest absolute Gasteiger partial charge is 0.245 e. The molecular weight excluding hydrogens is 257 g/mol. The van der Waals surface area contributed by atoms with Gasteiger partial charge < -0.3 is 0 Å². The summed E-state index contributed by atoms with van der Waals surface area (Å²) in [6.45, 7) is 0. The van der Waals surface area contributed by atoms with Gasteiger partial charge in [-0.1, -0.05) is 28.1 Å². The van der Waals surface area contributed by atoms with Crippen LogP contribution in [0.2, 0.25) is 0 Å². The lowest BCUT2D eigenvalue weighted by Gasteiger charge is -2.14. The van der Waals surface area contributed by atoms with E-state index < -0.39 is 18.2 Å². The van der Waals surface area contributed by atoms with Gasteiger partial charge in [0.2, 0.25) is 6.43 Å². The fraction of sp³-hybridized carbons (Fsp3) is 0.400. The molecule has 78 valence electrons. The Morgan fingerprint density at radius 3 is 2.14 bits per heavy atom. The standard InChI is InChI=1S/C10H10BrF3/c11-6-5-9(10(13)14)7-1-3-8(12)4-2-7/h1-4,9-10H,5-6H2. The molecule has 0 saturated carbocycles. The van der Waals surface area contributed by atoms with Crippen LogP contribution in [-0.2, 0) is 0 Å². The first-order valence-corrected chi connectivity index (χ1v) is 5.37. The minimum Gasteiger partial charge on any atom is -0.210 e. The van der Waals surface area contributed by atoms with Gasteiger partial charge in [0.1, 0.15) is 5.82 Å². The Kier molecular flexibility index (Phi) is 4.45. The lowest BCUT2D eigenvalue weighted by atomic mass is 9.97. The van der Waals surface area contributed by atoms with Crippen molar-refractivity contribution in [1.82, 2.24) is 0 Å². The Bertz CT molecular complexity index is 271. The Labute approximate surface area is 89.3 Å². The maximum absolute atomic E-state index is 12.6. The first-order valence-electron chi connectivity index (χ1n) is 4.24. The quantitative estimate of drug-likeness (QED) is 0.724. The second-order valence-electron chi connectivity index (χ2n) is 2.97. The van der Waals surface area contributed by atoms with E-state index in [1.807, 2.05) is 0 Å². The summed E-state index contributed by atoms with van der Waals surface area (Å²) < 4.78 is 37.7. The first kappa shape index (κ1) is 11.6. The predicted molar refractivity (Wildman–Crippen MR) is 53.6 cm³/mol. The van der Waals surface area contributed by atoms with Crippen molar-refractivity contribution in [2.24, 2.45) is 0 Å². The fourth-order valence-electron chi connectivity index (χ4n) is 1.27. The van der Waals surface area contributed by atoms with Gasteiger partial charge in [-0.2, -0.15) is 0 Å². The van der Waals surface area contributed by atoms with Crippen molar-refractivity contribution in [2.45, 2.75) is 18.8 Å². The molecule has 0 bridgehead atoms. The van der Waals surface area contributed by atoms with Gasteiger partial charge in [0.25, 0.3) is 0 Å². The SMILES string of the molecule is Fc1ccc(C(CCBr)C(F)F)cc1. The van der Waals surface area contributed by atoms with Crippen molar-refractivity contribution in [2.75, 3.05) is 5.33 Å². The molecule has 1 atom stereocenters. The Hall–Kier alpha value is -0.510. The smallest absolute Gasteiger partial charge is 0.210 e. The summed E-state index contributed by atoms with van der Waals surface area (Å²) in [4.78, 5) is 0. The monoisotopic (exact) mass is 266 g/mol. The minimum absolute atomic E-state index is 0.350. The van der Waals surface area contributed by atoms with Crippen LogP contribution in [0.4, 0.5) is 13.2 Å². The van der Waals surface area contributed by atoms with Gasteiger partial charge in [-0.25, -0.2) is 13.2 Å². The molecule has 0 heterocycles. The summed E-state index contributed by atoms with van der Waals surface area (Å²) in [6, 6.07) is 5.24. The summed E-state index contributed by atoms with van der Waals surface area (Å²) in [6.07, 6.45) is -2.05. The first-order chi connectivity index (χ1) is 6.65. The molecule has 0 saturated heterocycles. The number of hydrogen-bond donors (Lipinski definition) is 0. The van der Waals surface area contributed by atoms with Crippen LogP contribution < -0.4 is 0 Å². The number of rotatable bonds is 4. The van der Waals surface area contributed by atoms with E-state index in [1.54, 1.807) is 0 Å². The molecule has 0 aliphatic carbocycles. The number of halogens is 4. The zero-order valence-electron chi connectivity index (χ0n) is 7.39. The Balaban J connectivity index is 2.82. The van der Waals surface area contributed by atoms with Gasteiger partial charge in [-0.15, -0.1) is 0 Å². The molecule has 0 spiro atoms. The summed E-state index contributed by atoms with van der Waals surface area (Å²) >= 11 is 3.12. The van der Waals surface area contributed by atoms with Gasteiger partial charge in [0.05, 0.1) is 0 Å². The summed E-state index contributed by atoms with van der Waals surface area (Å²) in [5, 5.41) is 0.513. The molecule has 1 aromatic rings. The molecule has 4 heteroatoms. The van der Waals surface area contributed by atoms with Crippen molar-refractivity contribution in [1.29, 1.82) is 0 Å². The molecule has 0 aromatic heterocycles. The van der Waals surface area contributed by atoms with E-state index in [0.29, 0.717) is 17.3 Å². The maximum atomic E-state index is 12.6. The predicted octanol–water partition coefficient (Wildman–Crippen LogP) is 3.96. The summed E-state index contributed by atoms with van der Waals surface area (Å²) in [5.74, 6) is -1.21. The van der Waals surface area contributed by atoms with Crippen molar-refractivity contribution < 1.29 is 13.2 Å². The summed E-state index contributed by atoms with van der Waals surface area (Å²) in [5.41, 5.74) is 0.487. The Morgan fingerprint density at radius 2 is 1.71 bits per heavy atom. The topological polar surface area (TPSA) is 0 Å². The molecule has 1 aromatic carbocycles. The maximum Gasteiger partial charge on any atom is 0.245 e. The second-order valence-corrected chi connectivity index (χ2v) is 3.76. The number of hydrogen-bond acceptors (Lipinski definition) is 0. The third-order valence-electron chi connectivity index (χ3n) is 2.02. The zero-order chi connectivity index (χ0) is 10.6. The van der Waals surface area contributed by atoms with E-state index in [-0.39, 0.29) is 0 Å². The number of benzene rings is 1. The van der Waals surface area contributed by atoms with Crippen LogP contribution in [-0.4, -0.2) is 11.8 Å². The van der Waals surface area contributed by atoms with Crippen LogP contribution in [0, 0.1) is 5.82 Å². The van der Waals surface area contributed by atoms with Crippen LogP contribution in [0.15, 0.2) is 24.3 Å². The Morgan fingerprint density at radius 1 is 1.14 bits per heavy atom. The van der Waals surface area contributed by atoms with E-state index in [9.17, 15) is 13.2 Å². The average Bonchev–Trinajstić information content (AvgIpc) is 2.15. The lowest BCUT2D eigenvalue weighted by Crippen LogP contribution is -2.09. The zero-order valence-corrected chi connectivity index (χ0v) is 8.98. The van der Waals surface area contributed by atoms with Crippen LogP contribution in [0.1, 0.15) is 17.9 Å². The highest BCUT2D eigenvalue weighted by Crippen LogP contribution is 2.27. The van der Waals surface area contributed by atoms with E-state index >= 15 is 0 Å². The van der Waals surface area contributed by atoms with Gasteiger partial charge in [0, 0.05) is 11.2 Å². The third kappa shape index (κ3) is 3.01. The normalized spacial score (nSPS) is 13.2. The molecule has 0 radical (unpaired) electrons. The van der Waals surface area contributed by atoms with Crippen LogP contribution in [0.3, 0.4) is 0 Å². The summed E-state index contributed by atoms with van der Waals surface area (Å²) in [7, 11) is 0. The van der Waals surface area contributed by atoms with Crippen molar-refractivity contribution in [3.8, 4) is 0 Å². The molecule has 14 heavy (non-hydrogen) atoms. The van der Waals surface area contributed by atoms with Crippen LogP contribution in [0.5, 0.6) is 0 Å². The molecule has 0 nitrogen and oxygen atoms in total. The van der Waals surface area contributed by atoms with Gasteiger partial charge in [0.15, 0.2) is 0 Å². The molecule has 0 aliphatic heterocycles. The van der Waals surface area contributed by atoms with Gasteiger partial charge in [-0.3, -0.25) is 0 Å². The van der Waals surface area contributed by atoms with E-state index in [0.717, 1.165) is 0 Å². The van der Waals surface area contributed by atoms with E-state index in [4.69, 9.17) is 0 Å². The van der Waals surface area contributed by atoms with E-state index in [1.165, 1.54) is 24.3 Å². The molecule has 1 rings (SSSR count). The van der Waals surface area contributed by atoms with Crippen LogP contribution >= 0.6 is 15.9 Å². The van der Waals surface area contributed by atoms with Crippen LogP contribution in [0.25, 0.3) is 0 Å². The third-order valence-corrected chi connectivity index (χ3v) is 2.48. The minimum atomic E-state index is -2.40. The van der Waals surface area contributed by atoms with Crippen molar-refractivity contribution in [3.05, 3.63) is 35.6 Å². The molecule has 0 N–H and O–H groups in total. The molecule has 0 amide bonds. The van der Waals surface area contributed by atoms with Crippen molar-refractivity contribution >= 4 is 15.9 Å². The molecule has 1 unspecified atom stereocenters. The second kappa shape index (κ2) is 5.39. The highest BCUT2D eigenvalue weighted by atomic mass is 79.9. The highest BCUT2D eigenvalue weighted by Gasteiger charge is 2.21. The average molecular weight is 267 g/mol. The molecular formula is C10H10BrF3. The van der Waals surface area contributed by atoms with Gasteiger partial charge in [-0.05, 0) is 24.1 Å². The van der Waals surface area contributed by atoms with E-state index in [2.05, 4.69) is 15.9 Å². The fourth-order valence-corrected chi connectivity index (χ4v) is 1.76. The lowest BCUT2D eigenvalue weighted by molar-refractivity contribution is 0.112.